The van der Waals surface area contributed by atoms with Gasteiger partial charge in [0.15, 0.2) is 22.6 Å². The van der Waals surface area contributed by atoms with Crippen LogP contribution >= 0.6 is 26.3 Å². The van der Waals surface area contributed by atoms with Gasteiger partial charge in [-0.05, 0) is 11.8 Å². The Morgan fingerprint density at radius 3 is 2.61 bits per heavy atom. The lowest BCUT2D eigenvalue weighted by Gasteiger charge is -2.33. The predicted molar refractivity (Wildman–Crippen MR) is 162 cm³/mol. The summed E-state index contributed by atoms with van der Waals surface area (Å²) in [7, 11) is -5.00. The van der Waals surface area contributed by atoms with Crippen LogP contribution in [0.4, 0.5) is 16.2 Å². The molecule has 0 radical (unpaired) electrons. The van der Waals surface area contributed by atoms with Crippen LogP contribution < -0.4 is 17.0 Å². The van der Waals surface area contributed by atoms with E-state index in [1.54, 1.807) is 0 Å². The van der Waals surface area contributed by atoms with Crippen LogP contribution in [0.5, 0.6) is 0 Å². The number of nitrogens with two attached hydrogens (primary N) is 2. The number of phosphoric ester groups is 1. The first-order chi connectivity index (χ1) is 21.7. The highest BCUT2D eigenvalue weighted by Crippen LogP contribution is 2.54. The van der Waals surface area contributed by atoms with Gasteiger partial charge in [0.25, 0.3) is 5.56 Å². The van der Waals surface area contributed by atoms with Gasteiger partial charge in [-0.15, -0.1) is 11.8 Å². The Morgan fingerprint density at radius 1 is 1.13 bits per heavy atom. The minimum Gasteiger partial charge on any atom is -0.393 e. The van der Waals surface area contributed by atoms with Gasteiger partial charge in [-0.2, -0.15) is 4.98 Å². The number of rotatable bonds is 11. The highest BCUT2D eigenvalue weighted by molar-refractivity contribution is 8.06. The van der Waals surface area contributed by atoms with E-state index in [4.69, 9.17) is 29.8 Å². The number of ether oxygens (including phenoxy) is 1. The number of hydrogen-bond acceptors (Lipinski definition) is 16. The number of nitrogens with zero attached hydrogens (tertiary/aromatic N) is 7. The Hall–Kier alpha value is -2.66. The SMILES string of the molecule is Nc1nc2c(ncn2[C@H]2C[C@@H](F)[C@@H](COP(=O)(O)O[C@H]3C[C@H](n4cnc5c(N)ncnc54)O[C@]3(CO)COP(O)(O)=S)S2)c(=O)[nH]1. The minimum atomic E-state index is -5.00. The number of phosphoric acid groups is 1. The molecule has 2 saturated heterocycles. The van der Waals surface area contributed by atoms with Gasteiger partial charge in [0.2, 0.25) is 5.95 Å². The molecule has 250 valence electrons. The molecule has 7 atom stereocenters. The molecular weight excluding hydrogens is 697 g/mol. The number of fused-ring (bicyclic) bond motifs is 2. The van der Waals surface area contributed by atoms with Crippen LogP contribution in [-0.4, -0.2) is 102 Å². The van der Waals surface area contributed by atoms with Crippen molar-refractivity contribution in [2.45, 2.75) is 47.6 Å². The molecular formula is C21H27FN10O10P2S2. The predicted octanol–water partition coefficient (Wildman–Crippen LogP) is -0.156. The summed E-state index contributed by atoms with van der Waals surface area (Å²) in [5, 5.41) is 8.84. The topological polar surface area (TPSA) is 294 Å². The van der Waals surface area contributed by atoms with Crippen LogP contribution in [0.1, 0.15) is 24.4 Å². The van der Waals surface area contributed by atoms with Gasteiger partial charge in [0, 0.05) is 12.8 Å². The first-order valence-corrected chi connectivity index (χ1v) is 18.3. The van der Waals surface area contributed by atoms with E-state index >= 15 is 4.39 Å². The zero-order valence-electron chi connectivity index (χ0n) is 23.3. The average molecular weight is 725 g/mol. The van der Waals surface area contributed by atoms with Crippen LogP contribution in [0.15, 0.2) is 23.8 Å². The number of aliphatic hydroxyl groups excluding tert-OH is 1. The maximum atomic E-state index is 15.1. The van der Waals surface area contributed by atoms with E-state index in [0.29, 0.717) is 0 Å². The smallest absolute Gasteiger partial charge is 0.393 e. The molecule has 20 nitrogen and oxygen atoms in total. The number of anilines is 2. The number of thioether (sulfide) groups is 1. The number of nitrogen functional groups attached to an aromatic ring is 2. The van der Waals surface area contributed by atoms with Crippen molar-refractivity contribution in [1.82, 2.24) is 39.0 Å². The van der Waals surface area contributed by atoms with Crippen molar-refractivity contribution in [3.63, 3.8) is 0 Å². The molecule has 0 aliphatic carbocycles. The normalized spacial score (nSPS) is 28.3. The second-order valence-electron chi connectivity index (χ2n) is 10.4. The molecule has 4 aromatic rings. The second-order valence-corrected chi connectivity index (χ2v) is 15.9. The molecule has 6 rings (SSSR count). The van der Waals surface area contributed by atoms with E-state index < -0.39 is 74.6 Å². The first kappa shape index (κ1) is 33.2. The molecule has 2 aliphatic heterocycles. The van der Waals surface area contributed by atoms with Gasteiger partial charge in [-0.1, -0.05) is 0 Å². The van der Waals surface area contributed by atoms with Gasteiger partial charge in [0.1, 0.15) is 35.9 Å². The third kappa shape index (κ3) is 6.55. The molecule has 6 heterocycles. The Labute approximate surface area is 266 Å². The minimum absolute atomic E-state index is 0.0176. The lowest BCUT2D eigenvalue weighted by atomic mass is 9.99. The van der Waals surface area contributed by atoms with Crippen molar-refractivity contribution >= 4 is 72.2 Å². The van der Waals surface area contributed by atoms with E-state index in [1.165, 1.54) is 28.1 Å². The molecule has 46 heavy (non-hydrogen) atoms. The molecule has 0 bridgehead atoms. The molecule has 4 aromatic heterocycles. The number of nitrogens with one attached hydrogen (secondary N) is 1. The number of H-pyrrole nitrogens is 1. The molecule has 2 aliphatic rings. The molecule has 0 spiro atoms. The number of aromatic amines is 1. The maximum absolute atomic E-state index is 15.1. The van der Waals surface area contributed by atoms with Crippen molar-refractivity contribution in [2.75, 3.05) is 31.3 Å². The molecule has 0 aromatic carbocycles. The van der Waals surface area contributed by atoms with Crippen LogP contribution in [0, 0.1) is 0 Å². The Kier molecular flexibility index (Phi) is 8.97. The fourth-order valence-corrected chi connectivity index (χ4v) is 8.28. The molecule has 0 saturated carbocycles. The van der Waals surface area contributed by atoms with Gasteiger partial charge in [-0.25, -0.2) is 28.9 Å². The van der Waals surface area contributed by atoms with Crippen LogP contribution in [-0.2, 0) is 34.7 Å². The van der Waals surface area contributed by atoms with E-state index in [-0.39, 0.29) is 46.9 Å². The summed E-state index contributed by atoms with van der Waals surface area (Å²) in [6.45, 7) is -6.49. The Morgan fingerprint density at radius 2 is 1.87 bits per heavy atom. The Balaban J connectivity index is 1.18. The van der Waals surface area contributed by atoms with E-state index in [2.05, 4.69) is 41.7 Å². The summed E-state index contributed by atoms with van der Waals surface area (Å²) in [4.78, 5) is 64.8. The lowest BCUT2D eigenvalue weighted by molar-refractivity contribution is -0.144. The molecule has 9 N–H and O–H groups in total. The Bertz CT molecular complexity index is 1930. The zero-order valence-corrected chi connectivity index (χ0v) is 26.7. The quantitative estimate of drug-likeness (QED) is 0.0989. The van der Waals surface area contributed by atoms with E-state index in [9.17, 15) is 29.1 Å². The largest absolute Gasteiger partial charge is 0.472 e. The van der Waals surface area contributed by atoms with Gasteiger partial charge in [0.05, 0.1) is 43.1 Å². The highest BCUT2D eigenvalue weighted by Gasteiger charge is 2.54. The fraction of sp³-hybridized carbons (Fsp3) is 0.524. The monoisotopic (exact) mass is 724 g/mol. The van der Waals surface area contributed by atoms with Crippen LogP contribution in [0.3, 0.4) is 0 Å². The maximum Gasteiger partial charge on any atom is 0.472 e. The van der Waals surface area contributed by atoms with Crippen molar-refractivity contribution in [2.24, 2.45) is 0 Å². The summed E-state index contributed by atoms with van der Waals surface area (Å²) in [6, 6.07) is 0. The number of aromatic nitrogens is 8. The van der Waals surface area contributed by atoms with Gasteiger partial charge in [-0.3, -0.25) is 23.4 Å². The van der Waals surface area contributed by atoms with Crippen molar-refractivity contribution in [3.05, 3.63) is 29.3 Å². The molecule has 0 amide bonds. The number of halogens is 1. The number of aliphatic hydroxyl groups is 1. The van der Waals surface area contributed by atoms with Crippen molar-refractivity contribution in [1.29, 1.82) is 0 Å². The van der Waals surface area contributed by atoms with Gasteiger partial charge >= 0.3 is 14.5 Å². The van der Waals surface area contributed by atoms with Crippen LogP contribution in [0.2, 0.25) is 0 Å². The zero-order chi connectivity index (χ0) is 33.0. The van der Waals surface area contributed by atoms with Crippen LogP contribution in [0.25, 0.3) is 22.3 Å². The summed E-state index contributed by atoms with van der Waals surface area (Å²) in [5.41, 5.74) is 9.64. The fourth-order valence-electron chi connectivity index (χ4n) is 5.21. The second kappa shape index (κ2) is 12.4. The summed E-state index contributed by atoms with van der Waals surface area (Å²) in [5.74, 6) is -0.0639. The molecule has 2 fully saturated rings. The third-order valence-corrected chi connectivity index (χ3v) is 10.7. The highest BCUT2D eigenvalue weighted by atomic mass is 32.5. The summed E-state index contributed by atoms with van der Waals surface area (Å²) >= 11 is 5.58. The van der Waals surface area contributed by atoms with Crippen molar-refractivity contribution < 1.29 is 47.1 Å². The van der Waals surface area contributed by atoms with E-state index in [0.717, 1.165) is 11.8 Å². The van der Waals surface area contributed by atoms with Gasteiger partial charge < -0.3 is 45.1 Å². The van der Waals surface area contributed by atoms with Crippen molar-refractivity contribution in [3.8, 4) is 0 Å². The molecule has 25 heteroatoms. The lowest BCUT2D eigenvalue weighted by Crippen LogP contribution is -2.48. The first-order valence-electron chi connectivity index (χ1n) is 13.3. The number of hydrogen-bond donors (Lipinski definition) is 7. The van der Waals surface area contributed by atoms with E-state index in [1.807, 2.05) is 0 Å². The number of alkyl halides is 1. The summed E-state index contributed by atoms with van der Waals surface area (Å²) < 4.78 is 52.9. The number of imidazole rings is 2. The third-order valence-electron chi connectivity index (χ3n) is 7.40. The molecule has 1 unspecified atom stereocenters. The standard InChI is InChI=1S/C21H27FN10O10P2S2/c22-9-1-13(32-8-28-15-18(32)29-20(24)30-19(15)34)46-10(9)3-39-43(35,36)42-11-2-12(41-21(11,4-33)5-40-44(37,38)45)31-7-27-14-16(23)25-6-26-17(14)31/h6-13,33H,1-5H2,(H,35,36)(H2,23,25,26)(H2,37,38,45)(H3,24,29,30,34)/t9-,10-,11+,12-,13-,21-/m1/s1. The average Bonchev–Trinajstić information content (AvgIpc) is 3.75. The summed E-state index contributed by atoms with van der Waals surface area (Å²) in [6.07, 6.45) is -0.448.